The summed E-state index contributed by atoms with van der Waals surface area (Å²) in [5.74, 6) is 0.560. The number of nitrogens with one attached hydrogen (secondary N) is 2. The molecule has 0 aliphatic rings. The van der Waals surface area contributed by atoms with E-state index in [9.17, 15) is 18.0 Å². The van der Waals surface area contributed by atoms with Crippen LogP contribution in [0.15, 0.2) is 29.3 Å². The fraction of sp³-hybridized carbons (Fsp3) is 0.600. The quantitative estimate of drug-likeness (QED) is 0.487. The molecular formula is C20H31F3N4O3. The highest BCUT2D eigenvalue weighted by molar-refractivity contribution is 5.79. The number of nitrogens with zero attached hydrogens (tertiary/aromatic N) is 2. The first kappa shape index (κ1) is 25.5. The summed E-state index contributed by atoms with van der Waals surface area (Å²) in [6.07, 6.45) is -4.72. The number of alkyl halides is 3. The van der Waals surface area contributed by atoms with Gasteiger partial charge in [-0.15, -0.1) is 0 Å². The van der Waals surface area contributed by atoms with Crippen LogP contribution in [-0.2, 0) is 22.6 Å². The summed E-state index contributed by atoms with van der Waals surface area (Å²) in [5, 5.41) is 6.24. The summed E-state index contributed by atoms with van der Waals surface area (Å²) in [4.78, 5) is 17.5. The van der Waals surface area contributed by atoms with E-state index < -0.39 is 24.5 Å². The zero-order chi connectivity index (χ0) is 22.8. The molecular weight excluding hydrogens is 401 g/mol. The van der Waals surface area contributed by atoms with E-state index in [2.05, 4.69) is 20.4 Å². The molecule has 0 aliphatic heterocycles. The van der Waals surface area contributed by atoms with Crippen molar-refractivity contribution in [2.24, 2.45) is 4.99 Å². The lowest BCUT2D eigenvalue weighted by molar-refractivity contribution is -0.176. The highest BCUT2D eigenvalue weighted by Crippen LogP contribution is 2.16. The Morgan fingerprint density at radius 2 is 1.70 bits per heavy atom. The molecule has 0 radical (unpaired) electrons. The van der Waals surface area contributed by atoms with Gasteiger partial charge in [0.2, 0.25) is 0 Å². The number of hydrogen-bond donors (Lipinski definition) is 2. The highest BCUT2D eigenvalue weighted by atomic mass is 19.4. The maximum Gasteiger partial charge on any atom is 0.411 e. The van der Waals surface area contributed by atoms with Crippen LogP contribution in [0.1, 0.15) is 31.9 Å². The van der Waals surface area contributed by atoms with E-state index in [-0.39, 0.29) is 6.61 Å². The van der Waals surface area contributed by atoms with Gasteiger partial charge >= 0.3 is 12.3 Å². The van der Waals surface area contributed by atoms with Crippen LogP contribution >= 0.6 is 0 Å². The van der Waals surface area contributed by atoms with Crippen molar-refractivity contribution in [2.45, 2.75) is 45.7 Å². The third-order valence-electron chi connectivity index (χ3n) is 3.69. The summed E-state index contributed by atoms with van der Waals surface area (Å²) in [7, 11) is 3.29. The second kappa shape index (κ2) is 11.6. The number of hydrogen-bond acceptors (Lipinski definition) is 4. The van der Waals surface area contributed by atoms with Gasteiger partial charge in [-0.3, -0.25) is 4.99 Å². The molecule has 10 heteroatoms. The Bertz CT molecular complexity index is 686. The van der Waals surface area contributed by atoms with Crippen LogP contribution in [0.5, 0.6) is 0 Å². The van der Waals surface area contributed by atoms with Gasteiger partial charge in [0, 0.05) is 33.7 Å². The lowest BCUT2D eigenvalue weighted by Crippen LogP contribution is -2.42. The number of carbonyl (C=O) groups is 1. The van der Waals surface area contributed by atoms with Gasteiger partial charge in [0.25, 0.3) is 0 Å². The van der Waals surface area contributed by atoms with Gasteiger partial charge in [0.1, 0.15) is 12.2 Å². The molecule has 0 unspecified atom stereocenters. The van der Waals surface area contributed by atoms with Crippen molar-refractivity contribution in [2.75, 3.05) is 33.8 Å². The monoisotopic (exact) mass is 432 g/mol. The third kappa shape index (κ3) is 11.5. The first-order chi connectivity index (χ1) is 13.9. The SMILES string of the molecule is CN=C(NCCN(C)C(=O)OC(C)(C)C)NCc1ccc(COCC(F)(F)F)cc1. The van der Waals surface area contributed by atoms with Gasteiger partial charge in [0.15, 0.2) is 5.96 Å². The summed E-state index contributed by atoms with van der Waals surface area (Å²) in [5.41, 5.74) is 1.05. The molecule has 1 aromatic rings. The lowest BCUT2D eigenvalue weighted by Gasteiger charge is -2.24. The molecule has 0 heterocycles. The van der Waals surface area contributed by atoms with E-state index in [1.165, 1.54) is 4.90 Å². The average molecular weight is 432 g/mol. The van der Waals surface area contributed by atoms with E-state index >= 15 is 0 Å². The maximum absolute atomic E-state index is 12.1. The number of benzene rings is 1. The second-order valence-electron chi connectivity index (χ2n) is 7.68. The van der Waals surface area contributed by atoms with Crippen LogP contribution in [0.4, 0.5) is 18.0 Å². The van der Waals surface area contributed by atoms with E-state index in [0.29, 0.717) is 31.2 Å². The molecule has 1 amide bonds. The molecule has 0 aliphatic carbocycles. The normalized spacial score (nSPS) is 12.5. The lowest BCUT2D eigenvalue weighted by atomic mass is 10.1. The van der Waals surface area contributed by atoms with Crippen LogP contribution in [0.2, 0.25) is 0 Å². The van der Waals surface area contributed by atoms with Gasteiger partial charge in [-0.25, -0.2) is 4.79 Å². The zero-order valence-corrected chi connectivity index (χ0v) is 18.1. The molecule has 0 bridgehead atoms. The number of ether oxygens (including phenoxy) is 2. The molecule has 0 fully saturated rings. The molecule has 30 heavy (non-hydrogen) atoms. The average Bonchev–Trinajstić information content (AvgIpc) is 2.63. The summed E-state index contributed by atoms with van der Waals surface area (Å²) in [6, 6.07) is 7.06. The number of likely N-dealkylation sites (N-methyl/N-ethyl adjacent to an activating group) is 1. The van der Waals surface area contributed by atoms with Gasteiger partial charge in [-0.2, -0.15) is 13.2 Å². The van der Waals surface area contributed by atoms with Crippen molar-refractivity contribution in [1.29, 1.82) is 0 Å². The first-order valence-electron chi connectivity index (χ1n) is 9.50. The molecule has 0 atom stereocenters. The molecule has 0 aromatic heterocycles. The van der Waals surface area contributed by atoms with Gasteiger partial charge in [-0.1, -0.05) is 24.3 Å². The number of halogens is 3. The van der Waals surface area contributed by atoms with Crippen molar-refractivity contribution >= 4 is 12.1 Å². The molecule has 0 saturated heterocycles. The number of guanidine groups is 1. The Balaban J connectivity index is 2.36. The van der Waals surface area contributed by atoms with Gasteiger partial charge < -0.3 is 25.0 Å². The zero-order valence-electron chi connectivity index (χ0n) is 18.1. The number of carbonyl (C=O) groups excluding carboxylic acids is 1. The molecule has 170 valence electrons. The largest absolute Gasteiger partial charge is 0.444 e. The highest BCUT2D eigenvalue weighted by Gasteiger charge is 2.27. The second-order valence-corrected chi connectivity index (χ2v) is 7.68. The minimum atomic E-state index is -4.32. The predicted octanol–water partition coefficient (Wildman–Crippen LogP) is 3.30. The fourth-order valence-corrected chi connectivity index (χ4v) is 2.22. The minimum Gasteiger partial charge on any atom is -0.444 e. The maximum atomic E-state index is 12.1. The Labute approximate surface area is 175 Å². The summed E-state index contributed by atoms with van der Waals surface area (Å²) >= 11 is 0. The van der Waals surface area contributed by atoms with E-state index in [1.54, 1.807) is 26.2 Å². The molecule has 7 nitrogen and oxygen atoms in total. The Morgan fingerprint density at radius 3 is 2.23 bits per heavy atom. The Morgan fingerprint density at radius 1 is 1.10 bits per heavy atom. The topological polar surface area (TPSA) is 75.2 Å². The van der Waals surface area contributed by atoms with Crippen LogP contribution < -0.4 is 10.6 Å². The van der Waals surface area contributed by atoms with E-state index in [1.807, 2.05) is 32.9 Å². The Hall–Kier alpha value is -2.49. The smallest absolute Gasteiger partial charge is 0.411 e. The third-order valence-corrected chi connectivity index (χ3v) is 3.69. The van der Waals surface area contributed by atoms with Crippen LogP contribution in [0.25, 0.3) is 0 Å². The Kier molecular flexibility index (Phi) is 9.91. The molecule has 1 rings (SSSR count). The minimum absolute atomic E-state index is 0.0956. The van der Waals surface area contributed by atoms with Crippen molar-refractivity contribution < 1.29 is 27.4 Å². The van der Waals surface area contributed by atoms with Crippen molar-refractivity contribution in [3.05, 3.63) is 35.4 Å². The molecule has 1 aromatic carbocycles. The van der Waals surface area contributed by atoms with Crippen LogP contribution in [0.3, 0.4) is 0 Å². The van der Waals surface area contributed by atoms with E-state index in [4.69, 9.17) is 4.74 Å². The molecule has 0 spiro atoms. The van der Waals surface area contributed by atoms with Gasteiger partial charge in [-0.05, 0) is 31.9 Å². The van der Waals surface area contributed by atoms with Crippen molar-refractivity contribution in [3.8, 4) is 0 Å². The standard InChI is InChI=1S/C20H31F3N4O3/c1-19(2,3)30-18(28)27(5)11-10-25-17(24-4)26-12-15-6-8-16(9-7-15)13-29-14-20(21,22)23/h6-9H,10-14H2,1-5H3,(H2,24,25,26). The van der Waals surface area contributed by atoms with Crippen LogP contribution in [-0.4, -0.2) is 62.5 Å². The first-order valence-corrected chi connectivity index (χ1v) is 9.50. The summed E-state index contributed by atoms with van der Waals surface area (Å²) < 4.78 is 46.2. The van der Waals surface area contributed by atoms with Crippen molar-refractivity contribution in [3.63, 3.8) is 0 Å². The molecule has 0 saturated carbocycles. The van der Waals surface area contributed by atoms with Gasteiger partial charge in [0.05, 0.1) is 6.61 Å². The molecule has 2 N–H and O–H groups in total. The van der Waals surface area contributed by atoms with Crippen molar-refractivity contribution in [1.82, 2.24) is 15.5 Å². The number of rotatable bonds is 8. The van der Waals surface area contributed by atoms with E-state index in [0.717, 1.165) is 5.56 Å². The number of aliphatic imine (C=N–C) groups is 1. The fourth-order valence-electron chi connectivity index (χ4n) is 2.22. The number of amides is 1. The van der Waals surface area contributed by atoms with Crippen LogP contribution in [0, 0.1) is 0 Å². The summed E-state index contributed by atoms with van der Waals surface area (Å²) in [6.45, 7) is 5.46. The predicted molar refractivity (Wildman–Crippen MR) is 109 cm³/mol.